The summed E-state index contributed by atoms with van der Waals surface area (Å²) >= 11 is 5.33. The lowest BCUT2D eigenvalue weighted by molar-refractivity contribution is 0.289. The van der Waals surface area contributed by atoms with Gasteiger partial charge in [0.05, 0.1) is 0 Å². The van der Waals surface area contributed by atoms with Crippen LogP contribution in [0, 0.1) is 10.2 Å². The summed E-state index contributed by atoms with van der Waals surface area (Å²) in [6, 6.07) is 0.598. The van der Waals surface area contributed by atoms with Gasteiger partial charge in [0.25, 0.3) is 0 Å². The van der Waals surface area contributed by atoms with Crippen LogP contribution in [0.15, 0.2) is 0 Å². The first-order valence-corrected chi connectivity index (χ1v) is 6.89. The largest absolute Gasteiger partial charge is 0.340 e. The number of rotatable bonds is 2. The summed E-state index contributed by atoms with van der Waals surface area (Å²) in [5, 5.41) is 7.40. The predicted octanol–water partition coefficient (Wildman–Crippen LogP) is 2.90. The van der Waals surface area contributed by atoms with Crippen molar-refractivity contribution in [2.24, 2.45) is 5.41 Å². The summed E-state index contributed by atoms with van der Waals surface area (Å²) < 4.78 is 3.00. The second kappa shape index (κ2) is 3.83. The Morgan fingerprint density at radius 2 is 2.18 bits per heavy atom. The van der Waals surface area contributed by atoms with Crippen LogP contribution in [0.25, 0.3) is 0 Å². The van der Waals surface area contributed by atoms with Crippen LogP contribution in [0.1, 0.15) is 45.6 Å². The molecule has 1 saturated heterocycles. The summed E-state index contributed by atoms with van der Waals surface area (Å²) in [6.07, 6.45) is 5.05. The summed E-state index contributed by atoms with van der Waals surface area (Å²) in [5.41, 5.74) is 0.389. The first-order chi connectivity index (χ1) is 8.07. The lowest BCUT2D eigenvalue weighted by atomic mass is 9.84. The molecule has 1 saturated carbocycles. The second-order valence-electron chi connectivity index (χ2n) is 6.12. The highest BCUT2D eigenvalue weighted by Gasteiger charge is 2.33. The number of anilines is 1. The smallest absolute Gasteiger partial charge is 0.225 e. The zero-order chi connectivity index (χ0) is 12.0. The van der Waals surface area contributed by atoms with Gasteiger partial charge in [-0.3, -0.25) is 4.57 Å². The van der Waals surface area contributed by atoms with Crippen molar-refractivity contribution < 1.29 is 0 Å². The van der Waals surface area contributed by atoms with E-state index in [9.17, 15) is 0 Å². The molecule has 3 rings (SSSR count). The summed E-state index contributed by atoms with van der Waals surface area (Å²) in [5.74, 6) is 1.06. The van der Waals surface area contributed by atoms with Gasteiger partial charge in [0.2, 0.25) is 5.95 Å². The lowest BCUT2D eigenvalue weighted by Gasteiger charge is -2.38. The van der Waals surface area contributed by atoms with Crippen LogP contribution in [0.5, 0.6) is 0 Å². The third-order valence-electron chi connectivity index (χ3n) is 3.78. The molecule has 0 unspecified atom stereocenters. The molecule has 1 aliphatic heterocycles. The van der Waals surface area contributed by atoms with Crippen LogP contribution >= 0.6 is 12.2 Å². The summed E-state index contributed by atoms with van der Waals surface area (Å²) in [4.78, 5) is 2.40. The van der Waals surface area contributed by atoms with Crippen LogP contribution in [0.4, 0.5) is 5.95 Å². The van der Waals surface area contributed by atoms with E-state index < -0.39 is 0 Å². The highest BCUT2D eigenvalue weighted by atomic mass is 32.1. The van der Waals surface area contributed by atoms with Gasteiger partial charge in [0, 0.05) is 19.1 Å². The fourth-order valence-corrected chi connectivity index (χ4v) is 3.05. The van der Waals surface area contributed by atoms with Crippen molar-refractivity contribution in [3.63, 3.8) is 0 Å². The summed E-state index contributed by atoms with van der Waals surface area (Å²) in [6.45, 7) is 6.86. The molecular formula is C12H20N4S. The van der Waals surface area contributed by atoms with Crippen LogP contribution < -0.4 is 4.90 Å². The second-order valence-corrected chi connectivity index (χ2v) is 6.51. The maximum Gasteiger partial charge on any atom is 0.225 e. The Morgan fingerprint density at radius 3 is 2.82 bits per heavy atom. The van der Waals surface area contributed by atoms with Gasteiger partial charge in [-0.1, -0.05) is 13.8 Å². The van der Waals surface area contributed by atoms with Gasteiger partial charge < -0.3 is 4.90 Å². The highest BCUT2D eigenvalue weighted by molar-refractivity contribution is 7.71. The minimum Gasteiger partial charge on any atom is -0.340 e. The lowest BCUT2D eigenvalue weighted by Crippen LogP contribution is -2.41. The molecule has 1 aromatic rings. The number of aromatic amines is 1. The van der Waals surface area contributed by atoms with E-state index in [-0.39, 0.29) is 0 Å². The normalized spacial score (nSPS) is 24.0. The fraction of sp³-hybridized carbons (Fsp3) is 0.833. The zero-order valence-corrected chi connectivity index (χ0v) is 11.4. The van der Waals surface area contributed by atoms with E-state index in [4.69, 9.17) is 12.2 Å². The quantitative estimate of drug-likeness (QED) is 0.822. The van der Waals surface area contributed by atoms with Crippen LogP contribution in [-0.4, -0.2) is 27.9 Å². The Labute approximate surface area is 107 Å². The van der Waals surface area contributed by atoms with Crippen molar-refractivity contribution in [2.75, 3.05) is 18.0 Å². The standard InChI is InChI=1S/C12H20N4S/c1-12(2)6-3-7-15(8-12)10-13-14-11(17)16(10)9-4-5-9/h9H,3-8H2,1-2H3,(H,14,17). The average molecular weight is 252 g/mol. The van der Waals surface area contributed by atoms with Gasteiger partial charge in [-0.05, 0) is 43.3 Å². The van der Waals surface area contributed by atoms with Gasteiger partial charge in [0.15, 0.2) is 4.77 Å². The predicted molar refractivity (Wildman–Crippen MR) is 70.9 cm³/mol. The van der Waals surface area contributed by atoms with E-state index in [0.29, 0.717) is 11.5 Å². The van der Waals surface area contributed by atoms with E-state index in [1.54, 1.807) is 0 Å². The van der Waals surface area contributed by atoms with Crippen LogP contribution in [-0.2, 0) is 0 Å². The van der Waals surface area contributed by atoms with E-state index in [1.807, 2.05) is 0 Å². The van der Waals surface area contributed by atoms with E-state index in [1.165, 1.54) is 25.7 Å². The monoisotopic (exact) mass is 252 g/mol. The molecule has 1 N–H and O–H groups in total. The van der Waals surface area contributed by atoms with Crippen molar-refractivity contribution in [3.8, 4) is 0 Å². The molecule has 2 aliphatic rings. The minimum atomic E-state index is 0.389. The third-order valence-corrected chi connectivity index (χ3v) is 4.07. The Balaban J connectivity index is 1.91. The van der Waals surface area contributed by atoms with Gasteiger partial charge in [-0.2, -0.15) is 0 Å². The molecule has 17 heavy (non-hydrogen) atoms. The number of hydrogen-bond acceptors (Lipinski definition) is 3. The summed E-state index contributed by atoms with van der Waals surface area (Å²) in [7, 11) is 0. The first-order valence-electron chi connectivity index (χ1n) is 6.49. The van der Waals surface area contributed by atoms with Gasteiger partial charge in [-0.25, -0.2) is 5.10 Å². The zero-order valence-electron chi connectivity index (χ0n) is 10.6. The average Bonchev–Trinajstić information content (AvgIpc) is 3.01. The molecule has 0 aromatic carbocycles. The molecule has 1 aliphatic carbocycles. The maximum absolute atomic E-state index is 5.33. The first kappa shape index (κ1) is 11.3. The molecule has 0 atom stereocenters. The molecule has 0 radical (unpaired) electrons. The molecule has 0 bridgehead atoms. The van der Waals surface area contributed by atoms with Crippen LogP contribution in [0.3, 0.4) is 0 Å². The Hall–Kier alpha value is -0.840. The number of nitrogens with zero attached hydrogens (tertiary/aromatic N) is 3. The van der Waals surface area contributed by atoms with E-state index in [0.717, 1.165) is 23.8 Å². The molecule has 2 heterocycles. The van der Waals surface area contributed by atoms with Gasteiger partial charge in [-0.15, -0.1) is 5.10 Å². The van der Waals surface area contributed by atoms with E-state index in [2.05, 4.69) is 33.5 Å². The Morgan fingerprint density at radius 1 is 1.41 bits per heavy atom. The van der Waals surface area contributed by atoms with E-state index >= 15 is 0 Å². The molecule has 0 amide bonds. The molecule has 1 aromatic heterocycles. The SMILES string of the molecule is CC1(C)CCCN(c2n[nH]c(=S)n2C2CC2)C1. The Kier molecular flexibility index (Phi) is 2.54. The van der Waals surface area contributed by atoms with Crippen molar-refractivity contribution in [3.05, 3.63) is 4.77 Å². The molecule has 94 valence electrons. The molecule has 2 fully saturated rings. The number of nitrogens with one attached hydrogen (secondary N) is 1. The number of aromatic nitrogens is 3. The van der Waals surface area contributed by atoms with Gasteiger partial charge in [0.1, 0.15) is 0 Å². The Bertz CT molecular complexity index is 469. The topological polar surface area (TPSA) is 36.9 Å². The fourth-order valence-electron chi connectivity index (χ4n) is 2.78. The minimum absolute atomic E-state index is 0.389. The van der Waals surface area contributed by atoms with Crippen molar-refractivity contribution in [1.82, 2.24) is 14.8 Å². The number of piperidine rings is 1. The van der Waals surface area contributed by atoms with Crippen LogP contribution in [0.2, 0.25) is 0 Å². The number of hydrogen-bond donors (Lipinski definition) is 1. The maximum atomic E-state index is 5.33. The molecular weight excluding hydrogens is 232 g/mol. The van der Waals surface area contributed by atoms with Crippen molar-refractivity contribution >= 4 is 18.2 Å². The third kappa shape index (κ3) is 2.12. The highest BCUT2D eigenvalue weighted by Crippen LogP contribution is 2.39. The van der Waals surface area contributed by atoms with Crippen molar-refractivity contribution in [2.45, 2.75) is 45.6 Å². The number of H-pyrrole nitrogens is 1. The van der Waals surface area contributed by atoms with Crippen molar-refractivity contribution in [1.29, 1.82) is 0 Å². The molecule has 5 heteroatoms. The van der Waals surface area contributed by atoms with Gasteiger partial charge >= 0.3 is 0 Å². The molecule has 0 spiro atoms. The molecule has 4 nitrogen and oxygen atoms in total.